The number of β-amino-alcohol motifs (C(OH)–C–C–N with tert-alkyl or cyclic N) is 1. The molecule has 1 aliphatic rings. The Labute approximate surface area is 191 Å². The lowest BCUT2D eigenvalue weighted by Gasteiger charge is -2.40. The lowest BCUT2D eigenvalue weighted by atomic mass is 9.96. The van der Waals surface area contributed by atoms with Crippen molar-refractivity contribution < 1.29 is 9.84 Å². The second-order valence-electron chi connectivity index (χ2n) is 8.24. The Hall–Kier alpha value is -2.92. The molecule has 1 N–H and O–H groups in total. The summed E-state index contributed by atoms with van der Waals surface area (Å²) in [4.78, 5) is 4.91. The fraction of sp³-hybridized carbons (Fsp3) is 0.286. The summed E-state index contributed by atoms with van der Waals surface area (Å²) in [7, 11) is 0. The molecule has 1 atom stereocenters. The number of hydrogen-bond acceptors (Lipinski definition) is 4. The SMILES string of the molecule is C=CCOc1ccc(C(O)CN2CCN(C(c3ccccc3)c3ccccc3)CC2)cc1. The molecule has 1 heterocycles. The number of hydrogen-bond donors (Lipinski definition) is 1. The Balaban J connectivity index is 1.37. The van der Waals surface area contributed by atoms with E-state index in [4.69, 9.17) is 4.74 Å². The van der Waals surface area contributed by atoms with Crippen LogP contribution in [0.4, 0.5) is 0 Å². The molecule has 32 heavy (non-hydrogen) atoms. The molecular weight excluding hydrogens is 396 g/mol. The first-order valence-electron chi connectivity index (χ1n) is 11.3. The summed E-state index contributed by atoms with van der Waals surface area (Å²) in [5, 5.41) is 10.8. The number of nitrogens with zero attached hydrogens (tertiary/aromatic N) is 2. The molecule has 0 spiro atoms. The lowest BCUT2D eigenvalue weighted by molar-refractivity contribution is 0.0623. The van der Waals surface area contributed by atoms with E-state index in [-0.39, 0.29) is 6.04 Å². The summed E-state index contributed by atoms with van der Waals surface area (Å²) < 4.78 is 5.53. The third-order valence-corrected chi connectivity index (χ3v) is 6.07. The second kappa shape index (κ2) is 11.1. The number of ether oxygens (including phenoxy) is 1. The van der Waals surface area contributed by atoms with Gasteiger partial charge in [-0.2, -0.15) is 0 Å². The van der Waals surface area contributed by atoms with Gasteiger partial charge in [0, 0.05) is 32.7 Å². The van der Waals surface area contributed by atoms with Crippen molar-refractivity contribution in [3.05, 3.63) is 114 Å². The van der Waals surface area contributed by atoms with E-state index >= 15 is 0 Å². The van der Waals surface area contributed by atoms with Crippen LogP contribution >= 0.6 is 0 Å². The summed E-state index contributed by atoms with van der Waals surface area (Å²) in [6.07, 6.45) is 1.22. The van der Waals surface area contributed by atoms with Crippen molar-refractivity contribution in [2.24, 2.45) is 0 Å². The van der Waals surface area contributed by atoms with Crippen LogP contribution in [-0.2, 0) is 0 Å². The van der Waals surface area contributed by atoms with Crippen LogP contribution in [-0.4, -0.2) is 54.2 Å². The molecule has 3 aromatic carbocycles. The number of piperazine rings is 1. The predicted octanol–water partition coefficient (Wildman–Crippen LogP) is 4.69. The van der Waals surface area contributed by atoms with Gasteiger partial charge in [0.25, 0.3) is 0 Å². The van der Waals surface area contributed by atoms with Crippen LogP contribution in [0.2, 0.25) is 0 Å². The fourth-order valence-corrected chi connectivity index (χ4v) is 4.38. The van der Waals surface area contributed by atoms with Gasteiger partial charge in [0.15, 0.2) is 0 Å². The van der Waals surface area contributed by atoms with Crippen LogP contribution in [0.3, 0.4) is 0 Å². The van der Waals surface area contributed by atoms with Gasteiger partial charge in [-0.05, 0) is 28.8 Å². The Morgan fingerprint density at radius 1 is 0.781 bits per heavy atom. The molecule has 0 aromatic heterocycles. The lowest BCUT2D eigenvalue weighted by Crippen LogP contribution is -2.48. The van der Waals surface area contributed by atoms with Crippen molar-refractivity contribution in [3.63, 3.8) is 0 Å². The van der Waals surface area contributed by atoms with Crippen LogP contribution in [0.5, 0.6) is 5.75 Å². The highest BCUT2D eigenvalue weighted by molar-refractivity contribution is 5.32. The van der Waals surface area contributed by atoms with E-state index in [1.807, 2.05) is 24.3 Å². The fourth-order valence-electron chi connectivity index (χ4n) is 4.38. The molecule has 1 saturated heterocycles. The zero-order valence-electron chi connectivity index (χ0n) is 18.5. The first-order chi connectivity index (χ1) is 15.7. The molecule has 4 nitrogen and oxygen atoms in total. The maximum absolute atomic E-state index is 10.8. The van der Waals surface area contributed by atoms with Crippen LogP contribution < -0.4 is 4.74 Å². The molecule has 0 bridgehead atoms. The molecule has 4 rings (SSSR count). The van der Waals surface area contributed by atoms with Crippen molar-refractivity contribution in [2.75, 3.05) is 39.3 Å². The minimum atomic E-state index is -0.506. The number of benzene rings is 3. The average Bonchev–Trinajstić information content (AvgIpc) is 2.85. The molecule has 0 aliphatic carbocycles. The average molecular weight is 429 g/mol. The van der Waals surface area contributed by atoms with Gasteiger partial charge in [0.1, 0.15) is 12.4 Å². The van der Waals surface area contributed by atoms with E-state index in [2.05, 4.69) is 77.0 Å². The zero-order chi connectivity index (χ0) is 22.2. The third kappa shape index (κ3) is 5.65. The highest BCUT2D eigenvalue weighted by Crippen LogP contribution is 2.29. The van der Waals surface area contributed by atoms with E-state index in [1.54, 1.807) is 6.08 Å². The highest BCUT2D eigenvalue weighted by Gasteiger charge is 2.27. The topological polar surface area (TPSA) is 35.9 Å². The van der Waals surface area contributed by atoms with Gasteiger partial charge in [-0.1, -0.05) is 85.5 Å². The molecular formula is C28H32N2O2. The number of aliphatic hydroxyl groups is 1. The molecule has 0 amide bonds. The van der Waals surface area contributed by atoms with Gasteiger partial charge >= 0.3 is 0 Å². The molecule has 1 aliphatic heterocycles. The first kappa shape index (κ1) is 22.3. The predicted molar refractivity (Wildman–Crippen MR) is 130 cm³/mol. The quantitative estimate of drug-likeness (QED) is 0.502. The van der Waals surface area contributed by atoms with Crippen molar-refractivity contribution in [3.8, 4) is 5.75 Å². The summed E-state index contributed by atoms with van der Waals surface area (Å²) >= 11 is 0. The Morgan fingerprint density at radius 2 is 1.34 bits per heavy atom. The molecule has 166 valence electrons. The van der Waals surface area contributed by atoms with E-state index < -0.39 is 6.10 Å². The van der Waals surface area contributed by atoms with Crippen LogP contribution in [0, 0.1) is 0 Å². The molecule has 1 fully saturated rings. The smallest absolute Gasteiger partial charge is 0.119 e. The van der Waals surface area contributed by atoms with E-state index in [9.17, 15) is 5.11 Å². The highest BCUT2D eigenvalue weighted by atomic mass is 16.5. The zero-order valence-corrected chi connectivity index (χ0v) is 18.5. The number of rotatable bonds is 9. The molecule has 0 radical (unpaired) electrons. The Kier molecular flexibility index (Phi) is 7.73. The first-order valence-corrected chi connectivity index (χ1v) is 11.3. The van der Waals surface area contributed by atoms with Gasteiger partial charge in [-0.3, -0.25) is 9.80 Å². The number of aliphatic hydroxyl groups excluding tert-OH is 1. The summed E-state index contributed by atoms with van der Waals surface area (Å²) in [6, 6.07) is 29.4. The second-order valence-corrected chi connectivity index (χ2v) is 8.24. The monoisotopic (exact) mass is 428 g/mol. The van der Waals surface area contributed by atoms with Gasteiger partial charge in [-0.15, -0.1) is 0 Å². The van der Waals surface area contributed by atoms with Gasteiger partial charge in [0.05, 0.1) is 12.1 Å². The van der Waals surface area contributed by atoms with Crippen LogP contribution in [0.15, 0.2) is 97.6 Å². The van der Waals surface area contributed by atoms with Crippen molar-refractivity contribution in [1.82, 2.24) is 9.80 Å². The van der Waals surface area contributed by atoms with Gasteiger partial charge in [0.2, 0.25) is 0 Å². The normalized spacial score (nSPS) is 16.1. The molecule has 3 aromatic rings. The Morgan fingerprint density at radius 3 is 1.88 bits per heavy atom. The van der Waals surface area contributed by atoms with Crippen LogP contribution in [0.25, 0.3) is 0 Å². The van der Waals surface area contributed by atoms with Crippen LogP contribution in [0.1, 0.15) is 28.8 Å². The summed E-state index contributed by atoms with van der Waals surface area (Å²) in [6.45, 7) is 8.60. The van der Waals surface area contributed by atoms with Crippen molar-refractivity contribution in [2.45, 2.75) is 12.1 Å². The minimum Gasteiger partial charge on any atom is -0.490 e. The molecule has 0 saturated carbocycles. The molecule has 4 heteroatoms. The van der Waals surface area contributed by atoms with E-state index in [0.717, 1.165) is 37.5 Å². The standard InChI is InChI=1S/C28H32N2O2/c1-2-21-32-26-15-13-23(14-16-26)27(31)22-29-17-19-30(20-18-29)28(24-9-5-3-6-10-24)25-11-7-4-8-12-25/h2-16,27-28,31H,1,17-22H2. The maximum Gasteiger partial charge on any atom is 0.119 e. The van der Waals surface area contributed by atoms with E-state index in [1.165, 1.54) is 11.1 Å². The molecule has 1 unspecified atom stereocenters. The minimum absolute atomic E-state index is 0.257. The van der Waals surface area contributed by atoms with Crippen molar-refractivity contribution >= 4 is 0 Å². The summed E-state index contributed by atoms with van der Waals surface area (Å²) in [5.74, 6) is 0.794. The third-order valence-electron chi connectivity index (χ3n) is 6.07. The maximum atomic E-state index is 10.8. The van der Waals surface area contributed by atoms with Gasteiger partial charge < -0.3 is 9.84 Å². The van der Waals surface area contributed by atoms with Crippen molar-refractivity contribution in [1.29, 1.82) is 0 Å². The van der Waals surface area contributed by atoms with E-state index in [0.29, 0.717) is 13.2 Å². The summed E-state index contributed by atoms with van der Waals surface area (Å²) in [5.41, 5.74) is 3.57. The Bertz CT molecular complexity index is 912. The largest absolute Gasteiger partial charge is 0.490 e. The van der Waals surface area contributed by atoms with Gasteiger partial charge in [-0.25, -0.2) is 0 Å².